The molecule has 5 nitrogen and oxygen atoms in total. The maximum atomic E-state index is 11.6. The summed E-state index contributed by atoms with van der Waals surface area (Å²) < 4.78 is 4.97. The third-order valence-corrected chi connectivity index (χ3v) is 2.89. The summed E-state index contributed by atoms with van der Waals surface area (Å²) in [5.41, 5.74) is 0. The summed E-state index contributed by atoms with van der Waals surface area (Å²) in [5.74, 6) is -0.342. The zero-order valence-corrected chi connectivity index (χ0v) is 13.9. The summed E-state index contributed by atoms with van der Waals surface area (Å²) in [4.78, 5) is 33.4. The lowest BCUT2D eigenvalue weighted by atomic mass is 10.0. The first-order chi connectivity index (χ1) is 8.86. The monoisotopic (exact) mass is 383 g/mol. The molecule has 6 heteroatoms. The van der Waals surface area contributed by atoms with Gasteiger partial charge in [0.25, 0.3) is 3.91 Å². The van der Waals surface area contributed by atoms with Gasteiger partial charge in [-0.2, -0.15) is 0 Å². The fourth-order valence-electron chi connectivity index (χ4n) is 1.61. The van der Waals surface area contributed by atoms with Crippen LogP contribution in [0.2, 0.25) is 0 Å². The molecule has 0 aliphatic carbocycles. The number of carbonyl (C=O) groups excluding carboxylic acids is 3. The number of hydrogen-bond acceptors (Lipinski definition) is 4. The number of ether oxygens (including phenoxy) is 1. The van der Waals surface area contributed by atoms with Crippen molar-refractivity contribution in [3.05, 3.63) is 0 Å². The first-order valence-corrected chi connectivity index (χ1v) is 7.63. The van der Waals surface area contributed by atoms with Crippen molar-refractivity contribution in [2.45, 2.75) is 59.0 Å². The van der Waals surface area contributed by atoms with E-state index in [0.717, 1.165) is 12.8 Å². The van der Waals surface area contributed by atoms with Crippen LogP contribution in [0.1, 0.15) is 52.9 Å². The van der Waals surface area contributed by atoms with Crippen LogP contribution in [0.25, 0.3) is 0 Å². The normalized spacial score (nSPS) is 12.1. The minimum Gasteiger partial charge on any atom is -0.462 e. The Morgan fingerprint density at radius 3 is 2.32 bits per heavy atom. The second-order valence-corrected chi connectivity index (χ2v) is 5.72. The van der Waals surface area contributed by atoms with Crippen LogP contribution in [-0.2, 0) is 14.3 Å². The molecule has 110 valence electrons. The molecule has 2 amide bonds. The Balaban J connectivity index is 3.91. The van der Waals surface area contributed by atoms with Crippen LogP contribution in [0.15, 0.2) is 0 Å². The van der Waals surface area contributed by atoms with Gasteiger partial charge in [-0.3, -0.25) is 19.7 Å². The maximum Gasteiger partial charge on any atom is 0.306 e. The molecule has 0 aromatic carbocycles. The van der Waals surface area contributed by atoms with Crippen LogP contribution in [0.5, 0.6) is 0 Å². The third-order valence-electron chi connectivity index (χ3n) is 2.62. The Hall–Kier alpha value is -0.660. The zero-order chi connectivity index (χ0) is 14.8. The van der Waals surface area contributed by atoms with Gasteiger partial charge in [0.05, 0.1) is 0 Å². The van der Waals surface area contributed by atoms with E-state index in [1.54, 1.807) is 0 Å². The first kappa shape index (κ1) is 18.3. The van der Waals surface area contributed by atoms with Crippen molar-refractivity contribution < 1.29 is 19.1 Å². The SMILES string of the molecule is CCCC(OC(=O)CCCC(=O)NC(=O)I)C(C)C. The summed E-state index contributed by atoms with van der Waals surface area (Å²) in [6, 6.07) is 0. The molecule has 0 aromatic heterocycles. The quantitative estimate of drug-likeness (QED) is 0.302. The molecular formula is C13H22INO4. The molecule has 1 unspecified atom stereocenters. The van der Waals surface area contributed by atoms with Crippen LogP contribution >= 0.6 is 22.6 Å². The van der Waals surface area contributed by atoms with E-state index in [4.69, 9.17) is 4.74 Å². The van der Waals surface area contributed by atoms with E-state index < -0.39 is 3.91 Å². The van der Waals surface area contributed by atoms with Gasteiger partial charge in [-0.1, -0.05) is 27.2 Å². The number of imide groups is 1. The second-order valence-electron chi connectivity index (χ2n) is 4.74. The number of esters is 1. The Morgan fingerprint density at radius 1 is 1.21 bits per heavy atom. The molecule has 0 spiro atoms. The number of rotatable bonds is 8. The van der Waals surface area contributed by atoms with E-state index in [1.807, 2.05) is 13.8 Å². The fraction of sp³-hybridized carbons (Fsp3) is 0.769. The average Bonchev–Trinajstić information content (AvgIpc) is 2.27. The molecule has 0 aliphatic heterocycles. The van der Waals surface area contributed by atoms with E-state index in [0.29, 0.717) is 12.3 Å². The van der Waals surface area contributed by atoms with E-state index in [-0.39, 0.29) is 30.8 Å². The summed E-state index contributed by atoms with van der Waals surface area (Å²) in [6.45, 7) is 6.09. The third kappa shape index (κ3) is 9.86. The topological polar surface area (TPSA) is 72.5 Å². The lowest BCUT2D eigenvalue weighted by molar-refractivity contribution is -0.151. The zero-order valence-electron chi connectivity index (χ0n) is 11.7. The van der Waals surface area contributed by atoms with Crippen LogP contribution in [0.4, 0.5) is 4.79 Å². The Kier molecular flexibility index (Phi) is 9.81. The van der Waals surface area contributed by atoms with Gasteiger partial charge in [-0.15, -0.1) is 0 Å². The molecule has 0 heterocycles. The first-order valence-electron chi connectivity index (χ1n) is 6.55. The molecular weight excluding hydrogens is 361 g/mol. The highest BCUT2D eigenvalue weighted by Gasteiger charge is 2.17. The molecule has 19 heavy (non-hydrogen) atoms. The van der Waals surface area contributed by atoms with Gasteiger partial charge in [0.15, 0.2) is 0 Å². The molecule has 0 radical (unpaired) electrons. The van der Waals surface area contributed by atoms with Gasteiger partial charge in [-0.25, -0.2) is 0 Å². The predicted octanol–water partition coefficient (Wildman–Crippen LogP) is 3.20. The minimum absolute atomic E-state index is 0.0535. The lowest BCUT2D eigenvalue weighted by Crippen LogP contribution is -2.26. The van der Waals surface area contributed by atoms with Crippen LogP contribution < -0.4 is 5.32 Å². The summed E-state index contributed by atoms with van der Waals surface area (Å²) in [5, 5.41) is 2.15. The van der Waals surface area contributed by atoms with Crippen molar-refractivity contribution in [2.75, 3.05) is 0 Å². The lowest BCUT2D eigenvalue weighted by Gasteiger charge is -2.20. The van der Waals surface area contributed by atoms with Gasteiger partial charge < -0.3 is 4.74 Å². The summed E-state index contributed by atoms with van der Waals surface area (Å²) >= 11 is 1.49. The number of nitrogens with one attached hydrogen (secondary N) is 1. The van der Waals surface area contributed by atoms with Crippen molar-refractivity contribution in [1.82, 2.24) is 5.32 Å². The van der Waals surface area contributed by atoms with Gasteiger partial charge in [-0.05, 0) is 18.8 Å². The minimum atomic E-state index is -0.409. The van der Waals surface area contributed by atoms with E-state index >= 15 is 0 Å². The average molecular weight is 383 g/mol. The molecule has 0 fully saturated rings. The molecule has 1 atom stereocenters. The molecule has 0 saturated heterocycles. The van der Waals surface area contributed by atoms with Gasteiger partial charge >= 0.3 is 5.97 Å². The summed E-state index contributed by atoms with van der Waals surface area (Å²) in [7, 11) is 0. The number of carbonyl (C=O) groups is 3. The van der Waals surface area contributed by atoms with Gasteiger partial charge in [0, 0.05) is 35.4 Å². The molecule has 0 aromatic rings. The highest BCUT2D eigenvalue weighted by atomic mass is 127. The van der Waals surface area contributed by atoms with E-state index in [9.17, 15) is 14.4 Å². The highest BCUT2D eigenvalue weighted by molar-refractivity contribution is 14.1. The number of hydrogen-bond donors (Lipinski definition) is 1. The summed E-state index contributed by atoms with van der Waals surface area (Å²) in [6.07, 6.45) is 2.52. The number of amides is 2. The Labute approximate surface area is 128 Å². The van der Waals surface area contributed by atoms with Crippen LogP contribution in [-0.4, -0.2) is 21.9 Å². The highest BCUT2D eigenvalue weighted by Crippen LogP contribution is 2.14. The van der Waals surface area contributed by atoms with Crippen molar-refractivity contribution in [3.63, 3.8) is 0 Å². The van der Waals surface area contributed by atoms with Crippen molar-refractivity contribution in [2.24, 2.45) is 5.92 Å². The van der Waals surface area contributed by atoms with Crippen molar-refractivity contribution >= 4 is 38.4 Å². The molecule has 0 bridgehead atoms. The Bertz CT molecular complexity index is 318. The van der Waals surface area contributed by atoms with Crippen molar-refractivity contribution in [1.29, 1.82) is 0 Å². The largest absolute Gasteiger partial charge is 0.462 e. The molecule has 0 aliphatic rings. The van der Waals surface area contributed by atoms with Crippen LogP contribution in [0.3, 0.4) is 0 Å². The maximum absolute atomic E-state index is 11.6. The van der Waals surface area contributed by atoms with Gasteiger partial charge in [0.2, 0.25) is 5.91 Å². The molecule has 0 saturated carbocycles. The van der Waals surface area contributed by atoms with Crippen molar-refractivity contribution in [3.8, 4) is 0 Å². The van der Waals surface area contributed by atoms with Gasteiger partial charge in [0.1, 0.15) is 6.10 Å². The smallest absolute Gasteiger partial charge is 0.306 e. The molecule has 0 rings (SSSR count). The van der Waals surface area contributed by atoms with E-state index in [1.165, 1.54) is 22.6 Å². The Morgan fingerprint density at radius 2 is 1.84 bits per heavy atom. The molecule has 1 N–H and O–H groups in total. The predicted molar refractivity (Wildman–Crippen MR) is 81.0 cm³/mol. The van der Waals surface area contributed by atoms with E-state index in [2.05, 4.69) is 12.2 Å². The fourth-order valence-corrected chi connectivity index (χ4v) is 1.91. The second kappa shape index (κ2) is 10.2. The standard InChI is InChI=1S/C13H22INO4/c1-4-6-10(9(2)3)19-12(17)8-5-7-11(16)15-13(14)18/h9-10H,4-8H2,1-3H3,(H,15,16,18). The van der Waals surface area contributed by atoms with Crippen LogP contribution in [0, 0.1) is 5.92 Å². The number of halogens is 1.